The maximum absolute atomic E-state index is 13.1. The van der Waals surface area contributed by atoms with Gasteiger partial charge in [-0.3, -0.25) is 10.2 Å². The molecule has 0 spiro atoms. The smallest absolute Gasteiger partial charge is 0.413 e. The fourth-order valence-electron chi connectivity index (χ4n) is 3.57. The SMILES string of the molecule is CC(O)C(N)(Cc1ccccc1)N(C)C(=O)OC(NC(=O)OC(C)(C)C)C(O)CCc1ccccc1. The van der Waals surface area contributed by atoms with Gasteiger partial charge in [-0.2, -0.15) is 0 Å². The van der Waals surface area contributed by atoms with Crippen molar-refractivity contribution in [1.82, 2.24) is 10.2 Å². The van der Waals surface area contributed by atoms with Crippen LogP contribution in [0.15, 0.2) is 60.7 Å². The third-order valence-electron chi connectivity index (χ3n) is 5.76. The molecule has 198 valence electrons. The van der Waals surface area contributed by atoms with E-state index in [4.69, 9.17) is 15.2 Å². The molecule has 0 aliphatic carbocycles. The van der Waals surface area contributed by atoms with E-state index >= 15 is 0 Å². The number of aryl methyl sites for hydroxylation is 1. The largest absolute Gasteiger partial charge is 0.444 e. The third kappa shape index (κ3) is 8.82. The first-order valence-electron chi connectivity index (χ1n) is 12.0. The van der Waals surface area contributed by atoms with Gasteiger partial charge in [0.25, 0.3) is 0 Å². The Morgan fingerprint density at radius 2 is 1.53 bits per heavy atom. The topological polar surface area (TPSA) is 134 Å². The van der Waals surface area contributed by atoms with E-state index in [9.17, 15) is 19.8 Å². The van der Waals surface area contributed by atoms with Gasteiger partial charge in [-0.15, -0.1) is 0 Å². The summed E-state index contributed by atoms with van der Waals surface area (Å²) in [5.74, 6) is 0. The second-order valence-electron chi connectivity index (χ2n) is 9.93. The quantitative estimate of drug-likeness (QED) is 0.367. The van der Waals surface area contributed by atoms with Crippen LogP contribution in [0, 0.1) is 0 Å². The number of hydrogen-bond donors (Lipinski definition) is 4. The van der Waals surface area contributed by atoms with Crippen LogP contribution in [0.1, 0.15) is 45.2 Å². The van der Waals surface area contributed by atoms with Gasteiger partial charge in [0, 0.05) is 13.5 Å². The van der Waals surface area contributed by atoms with Crippen molar-refractivity contribution >= 4 is 12.2 Å². The molecule has 9 heteroatoms. The van der Waals surface area contributed by atoms with Crippen LogP contribution in [0.4, 0.5) is 9.59 Å². The minimum atomic E-state index is -1.51. The van der Waals surface area contributed by atoms with Crippen molar-refractivity contribution in [3.8, 4) is 0 Å². The molecule has 0 heterocycles. The number of nitrogens with one attached hydrogen (secondary N) is 1. The molecule has 4 atom stereocenters. The Hall–Kier alpha value is -3.14. The number of amides is 2. The van der Waals surface area contributed by atoms with E-state index < -0.39 is 41.9 Å². The van der Waals surface area contributed by atoms with Gasteiger partial charge < -0.3 is 25.4 Å². The average Bonchev–Trinajstić information content (AvgIpc) is 2.81. The molecule has 5 N–H and O–H groups in total. The molecule has 2 rings (SSSR count). The Morgan fingerprint density at radius 1 is 1.00 bits per heavy atom. The zero-order valence-electron chi connectivity index (χ0n) is 21.7. The van der Waals surface area contributed by atoms with Crippen LogP contribution in [0.5, 0.6) is 0 Å². The first-order chi connectivity index (χ1) is 16.8. The van der Waals surface area contributed by atoms with E-state index in [0.717, 1.165) is 16.0 Å². The summed E-state index contributed by atoms with van der Waals surface area (Å²) in [4.78, 5) is 26.7. The van der Waals surface area contributed by atoms with Crippen molar-refractivity contribution < 1.29 is 29.3 Å². The Kier molecular flexibility index (Phi) is 10.3. The number of alkyl carbamates (subject to hydrolysis) is 1. The van der Waals surface area contributed by atoms with Gasteiger partial charge in [0.2, 0.25) is 6.23 Å². The molecule has 2 aromatic carbocycles. The number of nitrogens with zero attached hydrogens (tertiary/aromatic N) is 1. The summed E-state index contributed by atoms with van der Waals surface area (Å²) in [5.41, 5.74) is 5.98. The van der Waals surface area contributed by atoms with Gasteiger partial charge in [-0.1, -0.05) is 60.7 Å². The molecular formula is C27H39N3O6. The van der Waals surface area contributed by atoms with E-state index in [1.54, 1.807) is 20.8 Å². The number of hydrogen-bond acceptors (Lipinski definition) is 7. The summed E-state index contributed by atoms with van der Waals surface area (Å²) >= 11 is 0. The highest BCUT2D eigenvalue weighted by atomic mass is 16.6. The normalized spacial score (nSPS) is 15.7. The average molecular weight is 502 g/mol. The molecule has 0 radical (unpaired) electrons. The number of rotatable bonds is 10. The number of nitrogens with two attached hydrogens (primary N) is 1. The van der Waals surface area contributed by atoms with E-state index in [0.29, 0.717) is 6.42 Å². The fourth-order valence-corrected chi connectivity index (χ4v) is 3.57. The molecule has 0 aliphatic heterocycles. The van der Waals surface area contributed by atoms with Gasteiger partial charge in [-0.05, 0) is 51.7 Å². The second-order valence-corrected chi connectivity index (χ2v) is 9.93. The van der Waals surface area contributed by atoms with Gasteiger partial charge in [0.15, 0.2) is 0 Å². The molecule has 4 unspecified atom stereocenters. The monoisotopic (exact) mass is 501 g/mol. The van der Waals surface area contributed by atoms with Crippen molar-refractivity contribution in [2.75, 3.05) is 7.05 Å². The van der Waals surface area contributed by atoms with E-state index in [1.807, 2.05) is 60.7 Å². The number of benzene rings is 2. The number of likely N-dealkylation sites (N-methyl/N-ethyl adjacent to an activating group) is 1. The summed E-state index contributed by atoms with van der Waals surface area (Å²) in [5, 5.41) is 23.8. The number of carbonyl (C=O) groups excluding carboxylic acids is 2. The van der Waals surface area contributed by atoms with Crippen molar-refractivity contribution in [1.29, 1.82) is 0 Å². The van der Waals surface area contributed by atoms with Crippen LogP contribution in [0.25, 0.3) is 0 Å². The van der Waals surface area contributed by atoms with E-state index in [1.165, 1.54) is 14.0 Å². The van der Waals surface area contributed by atoms with Gasteiger partial charge in [0.05, 0.1) is 6.10 Å². The lowest BCUT2D eigenvalue weighted by Crippen LogP contribution is -2.65. The fraction of sp³-hybridized carbons (Fsp3) is 0.481. The lowest BCUT2D eigenvalue weighted by atomic mass is 9.94. The van der Waals surface area contributed by atoms with Crippen LogP contribution in [-0.4, -0.2) is 64.0 Å². The van der Waals surface area contributed by atoms with Crippen molar-refractivity contribution in [3.63, 3.8) is 0 Å². The number of carbonyl (C=O) groups is 2. The van der Waals surface area contributed by atoms with Crippen molar-refractivity contribution in [3.05, 3.63) is 71.8 Å². The van der Waals surface area contributed by atoms with Gasteiger partial charge in [0.1, 0.15) is 17.4 Å². The first kappa shape index (κ1) is 29.1. The van der Waals surface area contributed by atoms with Crippen LogP contribution in [0.2, 0.25) is 0 Å². The zero-order valence-corrected chi connectivity index (χ0v) is 21.7. The molecule has 0 bridgehead atoms. The Morgan fingerprint density at radius 3 is 2.03 bits per heavy atom. The predicted molar refractivity (Wildman–Crippen MR) is 137 cm³/mol. The summed E-state index contributed by atoms with van der Waals surface area (Å²) in [6.07, 6.45) is -4.68. The minimum absolute atomic E-state index is 0.151. The van der Waals surface area contributed by atoms with Gasteiger partial charge in [-0.25, -0.2) is 9.59 Å². The summed E-state index contributed by atoms with van der Waals surface area (Å²) in [7, 11) is 1.40. The molecule has 0 aromatic heterocycles. The highest BCUT2D eigenvalue weighted by Gasteiger charge is 2.40. The van der Waals surface area contributed by atoms with Crippen molar-refractivity contribution in [2.45, 2.75) is 76.7 Å². The third-order valence-corrected chi connectivity index (χ3v) is 5.76. The Labute approximate surface area is 213 Å². The maximum atomic E-state index is 13.1. The summed E-state index contributed by atoms with van der Waals surface area (Å²) in [6, 6.07) is 18.7. The molecule has 0 fully saturated rings. The molecule has 0 saturated heterocycles. The Balaban J connectivity index is 2.18. The van der Waals surface area contributed by atoms with Crippen molar-refractivity contribution in [2.24, 2.45) is 5.73 Å². The maximum Gasteiger partial charge on any atom is 0.413 e. The zero-order chi connectivity index (χ0) is 26.9. The molecule has 36 heavy (non-hydrogen) atoms. The number of aliphatic hydroxyl groups is 2. The van der Waals surface area contributed by atoms with Crippen LogP contribution in [-0.2, 0) is 22.3 Å². The van der Waals surface area contributed by atoms with Gasteiger partial charge >= 0.3 is 12.2 Å². The first-order valence-corrected chi connectivity index (χ1v) is 12.0. The van der Waals surface area contributed by atoms with E-state index in [2.05, 4.69) is 5.32 Å². The minimum Gasteiger partial charge on any atom is -0.444 e. The standard InChI is InChI=1S/C27H39N3O6/c1-19(31)27(28,18-21-14-10-7-11-15-21)30(5)25(34)35-23(29-24(33)36-26(2,3)4)22(32)17-16-20-12-8-6-9-13-20/h6-15,19,22-23,31-32H,16-18,28H2,1-5H3,(H,29,33). The number of aliphatic hydroxyl groups excluding tert-OH is 2. The molecule has 9 nitrogen and oxygen atoms in total. The lowest BCUT2D eigenvalue weighted by molar-refractivity contribution is -0.0576. The number of ether oxygens (including phenoxy) is 2. The van der Waals surface area contributed by atoms with E-state index in [-0.39, 0.29) is 12.8 Å². The Bertz CT molecular complexity index is 964. The summed E-state index contributed by atoms with van der Waals surface area (Å²) < 4.78 is 10.8. The molecular weight excluding hydrogens is 462 g/mol. The lowest BCUT2D eigenvalue weighted by Gasteiger charge is -2.41. The van der Waals surface area contributed by atoms with Crippen LogP contribution < -0.4 is 11.1 Å². The second kappa shape index (κ2) is 12.7. The molecule has 0 saturated carbocycles. The molecule has 2 aromatic rings. The predicted octanol–water partition coefficient (Wildman–Crippen LogP) is 3.18. The van der Waals surface area contributed by atoms with Crippen LogP contribution >= 0.6 is 0 Å². The molecule has 0 aliphatic rings. The highest BCUT2D eigenvalue weighted by Crippen LogP contribution is 2.21. The highest BCUT2D eigenvalue weighted by molar-refractivity contribution is 5.71. The van der Waals surface area contributed by atoms with Crippen LogP contribution in [0.3, 0.4) is 0 Å². The summed E-state index contributed by atoms with van der Waals surface area (Å²) in [6.45, 7) is 6.57. The molecule has 2 amide bonds.